The third kappa shape index (κ3) is 3.97. The minimum atomic E-state index is -0.157. The van der Waals surface area contributed by atoms with Crippen molar-refractivity contribution >= 4 is 23.2 Å². The normalized spacial score (nSPS) is 27.5. The van der Waals surface area contributed by atoms with Crippen LogP contribution in [0.25, 0.3) is 0 Å². The van der Waals surface area contributed by atoms with Crippen molar-refractivity contribution < 1.29 is 9.59 Å². The van der Waals surface area contributed by atoms with E-state index in [9.17, 15) is 9.59 Å². The maximum absolute atomic E-state index is 12.8. The van der Waals surface area contributed by atoms with Crippen LogP contribution in [0, 0.1) is 11.8 Å². The van der Waals surface area contributed by atoms with E-state index < -0.39 is 0 Å². The molecule has 2 amide bonds. The molecule has 0 bridgehead atoms. The number of benzene rings is 1. The monoisotopic (exact) mass is 369 g/mol. The molecular formula is C22H31N3O2. The van der Waals surface area contributed by atoms with Crippen LogP contribution in [0.2, 0.25) is 0 Å². The summed E-state index contributed by atoms with van der Waals surface area (Å²) in [6, 6.07) is 8.48. The van der Waals surface area contributed by atoms with Crippen molar-refractivity contribution in [3.05, 3.63) is 24.3 Å². The van der Waals surface area contributed by atoms with Crippen LogP contribution >= 0.6 is 0 Å². The fourth-order valence-electron chi connectivity index (χ4n) is 4.65. The molecule has 2 saturated heterocycles. The third-order valence-electron chi connectivity index (χ3n) is 6.43. The Morgan fingerprint density at radius 1 is 1.00 bits per heavy atom. The van der Waals surface area contributed by atoms with Gasteiger partial charge in [0.2, 0.25) is 11.8 Å². The molecule has 2 aliphatic heterocycles. The first-order chi connectivity index (χ1) is 13.2. The Hall–Kier alpha value is -2.04. The fraction of sp³-hybridized carbons (Fsp3) is 0.636. The number of anilines is 2. The molecule has 1 aromatic carbocycles. The highest BCUT2D eigenvalue weighted by Gasteiger charge is 2.50. The average Bonchev–Trinajstić information content (AvgIpc) is 3.33. The predicted molar refractivity (Wildman–Crippen MR) is 108 cm³/mol. The molecular weight excluding hydrogens is 338 g/mol. The molecule has 0 radical (unpaired) electrons. The summed E-state index contributed by atoms with van der Waals surface area (Å²) < 4.78 is 0. The second-order valence-electron chi connectivity index (χ2n) is 8.27. The van der Waals surface area contributed by atoms with Gasteiger partial charge in [0.1, 0.15) is 0 Å². The van der Waals surface area contributed by atoms with Crippen molar-refractivity contribution in [3.63, 3.8) is 0 Å². The zero-order valence-electron chi connectivity index (χ0n) is 16.3. The van der Waals surface area contributed by atoms with Gasteiger partial charge in [-0.3, -0.25) is 9.59 Å². The van der Waals surface area contributed by atoms with E-state index in [4.69, 9.17) is 0 Å². The highest BCUT2D eigenvalue weighted by molar-refractivity contribution is 5.99. The molecule has 3 unspecified atom stereocenters. The predicted octanol–water partition coefficient (Wildman–Crippen LogP) is 3.65. The highest BCUT2D eigenvalue weighted by Crippen LogP contribution is 2.42. The molecule has 5 heteroatoms. The van der Waals surface area contributed by atoms with Gasteiger partial charge in [-0.05, 0) is 69.2 Å². The molecule has 4 rings (SSSR count). The second kappa shape index (κ2) is 7.91. The minimum Gasteiger partial charge on any atom is -0.372 e. The van der Waals surface area contributed by atoms with E-state index in [0.29, 0.717) is 12.5 Å². The largest absolute Gasteiger partial charge is 0.372 e. The lowest BCUT2D eigenvalue weighted by molar-refractivity contribution is -0.137. The molecule has 1 N–H and O–H groups in total. The quantitative estimate of drug-likeness (QED) is 0.862. The van der Waals surface area contributed by atoms with E-state index in [-0.39, 0.29) is 23.7 Å². The Morgan fingerprint density at radius 3 is 2.41 bits per heavy atom. The first kappa shape index (κ1) is 18.3. The van der Waals surface area contributed by atoms with Gasteiger partial charge in [0.05, 0.1) is 11.8 Å². The summed E-state index contributed by atoms with van der Waals surface area (Å²) in [5, 5.41) is 3.01. The number of nitrogens with one attached hydrogen (secondary N) is 1. The number of likely N-dealkylation sites (tertiary alicyclic amines) is 1. The highest BCUT2D eigenvalue weighted by atomic mass is 16.2. The standard InChI is InChI=1S/C22H31N3O2/c1-2-17-7-3-4-14-25(17)22(27)20-15-19(20)21(26)23-16-8-10-18(11-9-16)24-12-5-6-13-24/h8-11,17,19-20H,2-7,12-15H2,1H3,(H,23,26). The maximum atomic E-state index is 12.8. The Morgan fingerprint density at radius 2 is 1.70 bits per heavy atom. The molecule has 0 aromatic heterocycles. The van der Waals surface area contributed by atoms with Crippen molar-refractivity contribution in [1.29, 1.82) is 0 Å². The van der Waals surface area contributed by atoms with Gasteiger partial charge < -0.3 is 15.1 Å². The van der Waals surface area contributed by atoms with Crippen LogP contribution in [0.5, 0.6) is 0 Å². The Balaban J connectivity index is 1.31. The van der Waals surface area contributed by atoms with Crippen LogP contribution in [-0.4, -0.2) is 42.4 Å². The summed E-state index contributed by atoms with van der Waals surface area (Å²) >= 11 is 0. The molecule has 146 valence electrons. The molecule has 1 saturated carbocycles. The number of carbonyl (C=O) groups is 2. The van der Waals surface area contributed by atoms with Crippen LogP contribution in [0.3, 0.4) is 0 Å². The van der Waals surface area contributed by atoms with Crippen molar-refractivity contribution in [2.45, 2.75) is 57.9 Å². The summed E-state index contributed by atoms with van der Waals surface area (Å²) in [5.74, 6) is -0.0744. The summed E-state index contributed by atoms with van der Waals surface area (Å²) in [4.78, 5) is 29.8. The number of hydrogen-bond donors (Lipinski definition) is 1. The number of hydrogen-bond acceptors (Lipinski definition) is 3. The third-order valence-corrected chi connectivity index (χ3v) is 6.43. The van der Waals surface area contributed by atoms with Gasteiger partial charge in [-0.1, -0.05) is 6.92 Å². The van der Waals surface area contributed by atoms with Gasteiger partial charge in [0.25, 0.3) is 0 Å². The van der Waals surface area contributed by atoms with E-state index in [0.717, 1.165) is 44.6 Å². The zero-order chi connectivity index (χ0) is 18.8. The lowest BCUT2D eigenvalue weighted by atomic mass is 9.99. The molecule has 3 atom stereocenters. The van der Waals surface area contributed by atoms with Crippen molar-refractivity contribution in [2.75, 3.05) is 29.9 Å². The summed E-state index contributed by atoms with van der Waals surface area (Å²) in [5.41, 5.74) is 2.05. The average molecular weight is 370 g/mol. The van der Waals surface area contributed by atoms with Gasteiger partial charge in [-0.15, -0.1) is 0 Å². The van der Waals surface area contributed by atoms with Crippen molar-refractivity contribution in [1.82, 2.24) is 4.90 Å². The first-order valence-corrected chi connectivity index (χ1v) is 10.6. The Labute approximate surface area is 162 Å². The van der Waals surface area contributed by atoms with Crippen LogP contribution in [0.4, 0.5) is 11.4 Å². The van der Waals surface area contributed by atoms with Crippen LogP contribution < -0.4 is 10.2 Å². The van der Waals surface area contributed by atoms with Gasteiger partial charge in [0, 0.05) is 37.1 Å². The Kier molecular flexibility index (Phi) is 5.37. The van der Waals surface area contributed by atoms with E-state index in [1.54, 1.807) is 0 Å². The lowest BCUT2D eigenvalue weighted by Gasteiger charge is -2.35. The SMILES string of the molecule is CCC1CCCCN1C(=O)C1CC1C(=O)Nc1ccc(N2CCCC2)cc1. The van der Waals surface area contributed by atoms with Crippen LogP contribution in [0.1, 0.15) is 51.9 Å². The van der Waals surface area contributed by atoms with Crippen LogP contribution in [-0.2, 0) is 9.59 Å². The van der Waals surface area contributed by atoms with Crippen LogP contribution in [0.15, 0.2) is 24.3 Å². The summed E-state index contributed by atoms with van der Waals surface area (Å²) in [6.45, 7) is 5.25. The first-order valence-electron chi connectivity index (χ1n) is 10.6. The zero-order valence-corrected chi connectivity index (χ0v) is 16.3. The van der Waals surface area contributed by atoms with Gasteiger partial charge in [-0.2, -0.15) is 0 Å². The van der Waals surface area contributed by atoms with E-state index >= 15 is 0 Å². The fourth-order valence-corrected chi connectivity index (χ4v) is 4.65. The summed E-state index contributed by atoms with van der Waals surface area (Å²) in [6.07, 6.45) is 7.63. The van der Waals surface area contributed by atoms with Crippen molar-refractivity contribution in [2.24, 2.45) is 11.8 Å². The molecule has 2 heterocycles. The number of carbonyl (C=O) groups excluding carboxylic acids is 2. The molecule has 1 aliphatic carbocycles. The van der Waals surface area contributed by atoms with E-state index in [1.165, 1.54) is 24.9 Å². The van der Waals surface area contributed by atoms with Gasteiger partial charge in [0.15, 0.2) is 0 Å². The molecule has 1 aromatic rings. The van der Waals surface area contributed by atoms with Gasteiger partial charge in [-0.25, -0.2) is 0 Å². The number of piperidine rings is 1. The molecule has 5 nitrogen and oxygen atoms in total. The Bertz CT molecular complexity index is 681. The topological polar surface area (TPSA) is 52.7 Å². The van der Waals surface area contributed by atoms with Crippen molar-refractivity contribution in [3.8, 4) is 0 Å². The number of rotatable bonds is 5. The number of nitrogens with zero attached hydrogens (tertiary/aromatic N) is 2. The number of amides is 2. The van der Waals surface area contributed by atoms with E-state index in [1.807, 2.05) is 17.0 Å². The minimum absolute atomic E-state index is 0.00710. The smallest absolute Gasteiger partial charge is 0.228 e. The van der Waals surface area contributed by atoms with Gasteiger partial charge >= 0.3 is 0 Å². The molecule has 3 fully saturated rings. The second-order valence-corrected chi connectivity index (χ2v) is 8.27. The molecule has 0 spiro atoms. The summed E-state index contributed by atoms with van der Waals surface area (Å²) in [7, 11) is 0. The maximum Gasteiger partial charge on any atom is 0.228 e. The van der Waals surface area contributed by atoms with E-state index in [2.05, 4.69) is 29.3 Å². The molecule has 27 heavy (non-hydrogen) atoms. The molecule has 3 aliphatic rings. The lowest BCUT2D eigenvalue weighted by Crippen LogP contribution is -2.44.